The fourth-order valence-corrected chi connectivity index (χ4v) is 4.37. The molecule has 0 spiro atoms. The number of hydrogen-bond donors (Lipinski definition) is 2. The Morgan fingerprint density at radius 1 is 0.968 bits per heavy atom. The quantitative estimate of drug-likeness (QED) is 0.353. The Morgan fingerprint density at radius 3 is 2.23 bits per heavy atom. The van der Waals surface area contributed by atoms with E-state index in [1.807, 2.05) is 6.92 Å². The Hall–Kier alpha value is -2.22. The van der Waals surface area contributed by atoms with Gasteiger partial charge in [-0.05, 0) is 31.0 Å². The molecule has 170 valence electrons. The van der Waals surface area contributed by atoms with E-state index < -0.39 is 28.1 Å². The number of sulfonamides is 1. The van der Waals surface area contributed by atoms with E-state index in [4.69, 9.17) is 4.74 Å². The summed E-state index contributed by atoms with van der Waals surface area (Å²) in [6.07, 6.45) is 4.83. The van der Waals surface area contributed by atoms with Crippen LogP contribution in [0.4, 0.5) is 0 Å². The molecule has 2 atom stereocenters. The van der Waals surface area contributed by atoms with Gasteiger partial charge in [0.2, 0.25) is 10.0 Å². The summed E-state index contributed by atoms with van der Waals surface area (Å²) in [6, 6.07) is 13.3. The summed E-state index contributed by atoms with van der Waals surface area (Å²) in [5.41, 5.74) is 1.34. The van der Waals surface area contributed by atoms with Crippen LogP contribution in [0.15, 0.2) is 59.5 Å². The number of unbranched alkanes of at least 4 members (excludes halogenated alkanes) is 5. The van der Waals surface area contributed by atoms with Crippen LogP contribution in [0.25, 0.3) is 0 Å². The third-order valence-corrected chi connectivity index (χ3v) is 6.52. The number of carbonyl (C=O) groups is 1. The fourth-order valence-electron chi connectivity index (χ4n) is 3.18. The van der Waals surface area contributed by atoms with Crippen LogP contribution in [0.2, 0.25) is 0 Å². The van der Waals surface area contributed by atoms with E-state index in [2.05, 4.69) is 11.6 Å². The van der Waals surface area contributed by atoms with Gasteiger partial charge in [-0.3, -0.25) is 4.79 Å². The van der Waals surface area contributed by atoms with Crippen LogP contribution >= 0.6 is 0 Å². The zero-order valence-electron chi connectivity index (χ0n) is 18.3. The van der Waals surface area contributed by atoms with Crippen molar-refractivity contribution in [3.8, 4) is 0 Å². The summed E-state index contributed by atoms with van der Waals surface area (Å²) >= 11 is 0. The molecular formula is C24H33NO5S. The molecule has 0 saturated heterocycles. The maximum absolute atomic E-state index is 12.8. The Bertz CT molecular complexity index is 897. The number of benzene rings is 2. The van der Waals surface area contributed by atoms with Crippen LogP contribution in [0.1, 0.15) is 62.7 Å². The second-order valence-corrected chi connectivity index (χ2v) is 9.42. The van der Waals surface area contributed by atoms with Gasteiger partial charge in [0, 0.05) is 0 Å². The standard InChI is InChI=1S/C24H33NO5S/c1-3-4-5-6-7-11-18-30-24(27)22(23(26)20-12-9-8-10-13-20)25-31(28,29)21-16-14-19(2)15-17-21/h8-10,12-17,22-23,25-26H,3-7,11,18H2,1-2H3/t22-,23+/m1/s1. The molecular weight excluding hydrogens is 414 g/mol. The number of aliphatic hydroxyl groups excluding tert-OH is 1. The van der Waals surface area contributed by atoms with Gasteiger partial charge in [-0.2, -0.15) is 4.72 Å². The van der Waals surface area contributed by atoms with Crippen molar-refractivity contribution in [1.29, 1.82) is 0 Å². The summed E-state index contributed by atoms with van der Waals surface area (Å²) in [5.74, 6) is -0.791. The van der Waals surface area contributed by atoms with Crippen LogP contribution < -0.4 is 4.72 Å². The Labute approximate surface area is 185 Å². The molecule has 0 amide bonds. The minimum absolute atomic E-state index is 0.0204. The number of rotatable bonds is 13. The molecule has 6 nitrogen and oxygen atoms in total. The second-order valence-electron chi connectivity index (χ2n) is 7.70. The molecule has 0 fully saturated rings. The third kappa shape index (κ3) is 8.09. The number of nitrogens with one attached hydrogen (secondary N) is 1. The number of aliphatic hydroxyl groups is 1. The first-order chi connectivity index (χ1) is 14.8. The van der Waals surface area contributed by atoms with E-state index >= 15 is 0 Å². The van der Waals surface area contributed by atoms with Crippen molar-refractivity contribution in [3.63, 3.8) is 0 Å². The molecule has 0 aliphatic carbocycles. The first-order valence-electron chi connectivity index (χ1n) is 10.8. The topological polar surface area (TPSA) is 92.7 Å². The molecule has 2 N–H and O–H groups in total. The van der Waals surface area contributed by atoms with Crippen molar-refractivity contribution >= 4 is 16.0 Å². The predicted molar refractivity (Wildman–Crippen MR) is 121 cm³/mol. The van der Waals surface area contributed by atoms with Crippen LogP contribution in [0, 0.1) is 6.92 Å². The number of hydrogen-bond acceptors (Lipinski definition) is 5. The second kappa shape index (κ2) is 12.6. The molecule has 7 heteroatoms. The molecule has 2 rings (SSSR count). The van der Waals surface area contributed by atoms with Crippen LogP contribution in [-0.2, 0) is 19.6 Å². The molecule has 0 radical (unpaired) electrons. The smallest absolute Gasteiger partial charge is 0.327 e. The van der Waals surface area contributed by atoms with Gasteiger partial charge in [0.25, 0.3) is 0 Å². The minimum Gasteiger partial charge on any atom is -0.464 e. The van der Waals surface area contributed by atoms with Crippen LogP contribution in [0.5, 0.6) is 0 Å². The zero-order valence-corrected chi connectivity index (χ0v) is 19.1. The lowest BCUT2D eigenvalue weighted by molar-refractivity contribution is -0.148. The first kappa shape index (κ1) is 25.0. The van der Waals surface area contributed by atoms with Gasteiger partial charge < -0.3 is 9.84 Å². The molecule has 2 aromatic carbocycles. The number of esters is 1. The maximum atomic E-state index is 12.8. The summed E-state index contributed by atoms with van der Waals surface area (Å²) in [5, 5.41) is 10.8. The lowest BCUT2D eigenvalue weighted by atomic mass is 10.0. The van der Waals surface area contributed by atoms with Crippen molar-refractivity contribution in [1.82, 2.24) is 4.72 Å². The Balaban J connectivity index is 2.09. The van der Waals surface area contributed by atoms with E-state index in [-0.39, 0.29) is 11.5 Å². The molecule has 0 saturated carbocycles. The van der Waals surface area contributed by atoms with Crippen molar-refractivity contribution in [3.05, 3.63) is 65.7 Å². The van der Waals surface area contributed by atoms with Gasteiger partial charge >= 0.3 is 5.97 Å². The summed E-state index contributed by atoms with van der Waals surface area (Å²) < 4.78 is 33.4. The van der Waals surface area contributed by atoms with Gasteiger partial charge in [0.05, 0.1) is 11.5 Å². The molecule has 0 unspecified atom stereocenters. The highest BCUT2D eigenvalue weighted by atomic mass is 32.2. The van der Waals surface area contributed by atoms with Crippen molar-refractivity contribution in [2.45, 2.75) is 69.4 Å². The Kier molecular flexibility index (Phi) is 10.2. The van der Waals surface area contributed by atoms with E-state index in [0.29, 0.717) is 12.0 Å². The highest BCUT2D eigenvalue weighted by Gasteiger charge is 2.34. The van der Waals surface area contributed by atoms with Gasteiger partial charge in [0.15, 0.2) is 0 Å². The molecule has 0 bridgehead atoms. The van der Waals surface area contributed by atoms with Crippen molar-refractivity contribution in [2.24, 2.45) is 0 Å². The summed E-state index contributed by atoms with van der Waals surface area (Å²) in [6.45, 7) is 4.19. The largest absolute Gasteiger partial charge is 0.464 e. The monoisotopic (exact) mass is 447 g/mol. The normalized spacial score (nSPS) is 13.5. The Morgan fingerprint density at radius 2 is 1.58 bits per heavy atom. The van der Waals surface area contributed by atoms with Gasteiger partial charge in [-0.25, -0.2) is 8.42 Å². The summed E-state index contributed by atoms with van der Waals surface area (Å²) in [4.78, 5) is 12.8. The van der Waals surface area contributed by atoms with Crippen molar-refractivity contribution in [2.75, 3.05) is 6.61 Å². The van der Waals surface area contributed by atoms with Crippen LogP contribution in [-0.4, -0.2) is 32.1 Å². The van der Waals surface area contributed by atoms with E-state index in [0.717, 1.165) is 31.2 Å². The molecule has 0 aromatic heterocycles. The van der Waals surface area contributed by atoms with Crippen molar-refractivity contribution < 1.29 is 23.1 Å². The average molecular weight is 448 g/mol. The van der Waals surface area contributed by atoms with E-state index in [9.17, 15) is 18.3 Å². The van der Waals surface area contributed by atoms with Crippen LogP contribution in [0.3, 0.4) is 0 Å². The first-order valence-corrected chi connectivity index (χ1v) is 12.3. The highest BCUT2D eigenvalue weighted by Crippen LogP contribution is 2.20. The van der Waals surface area contributed by atoms with Gasteiger partial charge in [-0.15, -0.1) is 0 Å². The molecule has 2 aromatic rings. The molecule has 0 heterocycles. The molecule has 31 heavy (non-hydrogen) atoms. The summed E-state index contributed by atoms with van der Waals surface area (Å²) in [7, 11) is -4.03. The van der Waals surface area contributed by atoms with Gasteiger partial charge in [0.1, 0.15) is 12.1 Å². The highest BCUT2D eigenvalue weighted by molar-refractivity contribution is 7.89. The fraction of sp³-hybridized carbons (Fsp3) is 0.458. The lowest BCUT2D eigenvalue weighted by Crippen LogP contribution is -2.46. The number of ether oxygens (including phenoxy) is 1. The van der Waals surface area contributed by atoms with Gasteiger partial charge in [-0.1, -0.05) is 87.1 Å². The lowest BCUT2D eigenvalue weighted by Gasteiger charge is -2.23. The maximum Gasteiger partial charge on any atom is 0.327 e. The van der Waals surface area contributed by atoms with E-state index in [1.54, 1.807) is 42.5 Å². The molecule has 0 aliphatic heterocycles. The van der Waals surface area contributed by atoms with E-state index in [1.165, 1.54) is 18.6 Å². The zero-order chi connectivity index (χ0) is 22.7. The number of carbonyl (C=O) groups excluding carboxylic acids is 1. The predicted octanol–water partition coefficient (Wildman–Crippen LogP) is 4.28. The number of aryl methyl sites for hydroxylation is 1. The molecule has 0 aliphatic rings. The SMILES string of the molecule is CCCCCCCCOC(=O)[C@H](NS(=O)(=O)c1ccc(C)cc1)[C@@H](O)c1ccccc1. The third-order valence-electron chi connectivity index (χ3n) is 5.07. The average Bonchev–Trinajstić information content (AvgIpc) is 2.77. The minimum atomic E-state index is -4.03.